The molecule has 0 spiro atoms. The van der Waals surface area contributed by atoms with Gasteiger partial charge >= 0.3 is 0 Å². The SMILES string of the molecule is CC12CCC(CC1)C(C)(C)N=C(N)S2. The molecule has 0 amide bonds. The lowest BCUT2D eigenvalue weighted by molar-refractivity contribution is 0.218. The van der Waals surface area contributed by atoms with Crippen LogP contribution in [0.1, 0.15) is 46.5 Å². The molecule has 14 heavy (non-hydrogen) atoms. The van der Waals surface area contributed by atoms with E-state index in [1.54, 1.807) is 11.8 Å². The van der Waals surface area contributed by atoms with Crippen LogP contribution in [0.25, 0.3) is 0 Å². The number of nitrogens with two attached hydrogens (primary N) is 1. The van der Waals surface area contributed by atoms with Crippen molar-refractivity contribution in [2.75, 3.05) is 0 Å². The highest BCUT2D eigenvalue weighted by atomic mass is 32.2. The first-order chi connectivity index (χ1) is 6.41. The van der Waals surface area contributed by atoms with Crippen molar-refractivity contribution in [1.82, 2.24) is 0 Å². The summed E-state index contributed by atoms with van der Waals surface area (Å²) in [7, 11) is 0. The van der Waals surface area contributed by atoms with Crippen molar-refractivity contribution in [3.05, 3.63) is 0 Å². The Morgan fingerprint density at radius 1 is 1.29 bits per heavy atom. The Morgan fingerprint density at radius 3 is 2.43 bits per heavy atom. The van der Waals surface area contributed by atoms with E-state index in [1.165, 1.54) is 25.7 Å². The van der Waals surface area contributed by atoms with E-state index >= 15 is 0 Å². The molecule has 0 unspecified atom stereocenters. The molecule has 3 aliphatic rings. The summed E-state index contributed by atoms with van der Waals surface area (Å²) in [5.41, 5.74) is 6.02. The maximum atomic E-state index is 5.96. The van der Waals surface area contributed by atoms with Crippen LogP contribution in [0.3, 0.4) is 0 Å². The van der Waals surface area contributed by atoms with Gasteiger partial charge in [-0.1, -0.05) is 11.8 Å². The van der Waals surface area contributed by atoms with E-state index in [1.807, 2.05) is 0 Å². The van der Waals surface area contributed by atoms with Gasteiger partial charge in [-0.15, -0.1) is 0 Å². The van der Waals surface area contributed by atoms with E-state index in [0.717, 1.165) is 11.1 Å². The van der Waals surface area contributed by atoms with Gasteiger partial charge in [0.2, 0.25) is 0 Å². The van der Waals surface area contributed by atoms with Crippen LogP contribution in [0.15, 0.2) is 4.99 Å². The number of hydrogen-bond donors (Lipinski definition) is 1. The molecule has 2 bridgehead atoms. The van der Waals surface area contributed by atoms with Gasteiger partial charge in [0.1, 0.15) is 0 Å². The number of nitrogens with zero attached hydrogens (tertiary/aromatic N) is 1. The first kappa shape index (κ1) is 10.3. The summed E-state index contributed by atoms with van der Waals surface area (Å²) in [6, 6.07) is 0. The second-order valence-corrected chi connectivity index (χ2v) is 7.04. The van der Waals surface area contributed by atoms with Gasteiger partial charge in [-0.3, -0.25) is 4.99 Å². The van der Waals surface area contributed by atoms with Crippen molar-refractivity contribution in [1.29, 1.82) is 0 Å². The number of thioether (sulfide) groups is 1. The molecule has 0 aromatic heterocycles. The fourth-order valence-corrected chi connectivity index (χ4v) is 3.91. The molecule has 2 nitrogen and oxygen atoms in total. The zero-order valence-electron chi connectivity index (χ0n) is 9.34. The van der Waals surface area contributed by atoms with E-state index < -0.39 is 0 Å². The minimum Gasteiger partial charge on any atom is -0.379 e. The summed E-state index contributed by atoms with van der Waals surface area (Å²) >= 11 is 1.79. The monoisotopic (exact) mass is 212 g/mol. The fourth-order valence-electron chi connectivity index (χ4n) is 2.69. The molecule has 80 valence electrons. The van der Waals surface area contributed by atoms with Gasteiger partial charge in [0.25, 0.3) is 0 Å². The Balaban J connectivity index is 2.33. The molecular weight excluding hydrogens is 192 g/mol. The van der Waals surface area contributed by atoms with E-state index in [0.29, 0.717) is 4.75 Å². The Labute approximate surface area is 90.7 Å². The Bertz CT molecular complexity index is 262. The number of amidine groups is 1. The van der Waals surface area contributed by atoms with E-state index in [9.17, 15) is 0 Å². The minimum absolute atomic E-state index is 0.0544. The van der Waals surface area contributed by atoms with Crippen molar-refractivity contribution in [3.8, 4) is 0 Å². The van der Waals surface area contributed by atoms with Crippen molar-refractivity contribution in [2.24, 2.45) is 16.6 Å². The first-order valence-corrected chi connectivity index (χ1v) is 6.27. The second kappa shape index (κ2) is 3.16. The average molecular weight is 212 g/mol. The molecular formula is C11H20N2S. The molecule has 3 heteroatoms. The van der Waals surface area contributed by atoms with Gasteiger partial charge in [-0.05, 0) is 52.4 Å². The van der Waals surface area contributed by atoms with Crippen LogP contribution in [0.5, 0.6) is 0 Å². The standard InChI is InChI=1S/C11H20N2S/c1-10(2)8-4-6-11(3,7-5-8)14-9(12)13-10/h8H,4-7H2,1-3H3,(H2,12,13). The molecule has 1 saturated carbocycles. The van der Waals surface area contributed by atoms with Crippen LogP contribution in [-0.2, 0) is 0 Å². The lowest BCUT2D eigenvalue weighted by Crippen LogP contribution is -2.42. The fraction of sp³-hybridized carbons (Fsp3) is 0.909. The summed E-state index contributed by atoms with van der Waals surface area (Å²) < 4.78 is 0.362. The maximum absolute atomic E-state index is 5.96. The van der Waals surface area contributed by atoms with E-state index in [4.69, 9.17) is 5.73 Å². The third kappa shape index (κ3) is 1.79. The molecule has 0 saturated heterocycles. The highest BCUT2D eigenvalue weighted by molar-refractivity contribution is 8.14. The van der Waals surface area contributed by atoms with Gasteiger partial charge in [0, 0.05) is 4.75 Å². The topological polar surface area (TPSA) is 38.4 Å². The zero-order valence-corrected chi connectivity index (χ0v) is 10.2. The molecule has 0 aromatic rings. The molecule has 1 aliphatic carbocycles. The Hall–Kier alpha value is -0.180. The first-order valence-electron chi connectivity index (χ1n) is 5.46. The molecule has 2 aliphatic heterocycles. The number of hydrogen-bond acceptors (Lipinski definition) is 3. The van der Waals surface area contributed by atoms with Gasteiger partial charge < -0.3 is 5.73 Å². The molecule has 0 aromatic carbocycles. The predicted molar refractivity (Wildman–Crippen MR) is 63.7 cm³/mol. The molecule has 2 heterocycles. The Morgan fingerprint density at radius 2 is 1.86 bits per heavy atom. The molecule has 3 rings (SSSR count). The van der Waals surface area contributed by atoms with Gasteiger partial charge in [-0.25, -0.2) is 0 Å². The lowest BCUT2D eigenvalue weighted by Gasteiger charge is -2.44. The molecule has 1 fully saturated rings. The molecule has 0 atom stereocenters. The molecule has 2 N–H and O–H groups in total. The van der Waals surface area contributed by atoms with Gasteiger partial charge in [0.05, 0.1) is 5.54 Å². The second-order valence-electron chi connectivity index (χ2n) is 5.43. The van der Waals surface area contributed by atoms with Crippen molar-refractivity contribution >= 4 is 16.9 Å². The number of rotatable bonds is 0. The normalized spacial score (nSPS) is 41.4. The van der Waals surface area contributed by atoms with E-state index in [-0.39, 0.29) is 5.54 Å². The summed E-state index contributed by atoms with van der Waals surface area (Å²) in [4.78, 5) is 4.65. The predicted octanol–water partition coefficient (Wildman–Crippen LogP) is 2.78. The number of aliphatic imine (C=N–C) groups is 1. The van der Waals surface area contributed by atoms with Crippen LogP contribution >= 0.6 is 11.8 Å². The van der Waals surface area contributed by atoms with Crippen LogP contribution in [0.2, 0.25) is 0 Å². The highest BCUT2D eigenvalue weighted by Crippen LogP contribution is 2.47. The van der Waals surface area contributed by atoms with Crippen LogP contribution in [-0.4, -0.2) is 15.5 Å². The maximum Gasteiger partial charge on any atom is 0.154 e. The summed E-state index contributed by atoms with van der Waals surface area (Å²) in [5.74, 6) is 0.732. The van der Waals surface area contributed by atoms with Gasteiger partial charge in [0.15, 0.2) is 5.17 Å². The third-order valence-electron chi connectivity index (χ3n) is 3.79. The van der Waals surface area contributed by atoms with Crippen LogP contribution in [0.4, 0.5) is 0 Å². The quantitative estimate of drug-likeness (QED) is 0.670. The zero-order chi connectivity index (χ0) is 10.4. The van der Waals surface area contributed by atoms with Crippen LogP contribution < -0.4 is 5.73 Å². The summed E-state index contributed by atoms with van der Waals surface area (Å²) in [6.07, 6.45) is 5.21. The van der Waals surface area contributed by atoms with Crippen molar-refractivity contribution in [3.63, 3.8) is 0 Å². The van der Waals surface area contributed by atoms with Crippen molar-refractivity contribution < 1.29 is 0 Å². The smallest absolute Gasteiger partial charge is 0.154 e. The largest absolute Gasteiger partial charge is 0.379 e. The van der Waals surface area contributed by atoms with E-state index in [2.05, 4.69) is 25.8 Å². The minimum atomic E-state index is 0.0544. The highest BCUT2D eigenvalue weighted by Gasteiger charge is 2.41. The number of fused-ring (bicyclic) bond motifs is 4. The summed E-state index contributed by atoms with van der Waals surface area (Å²) in [6.45, 7) is 6.77. The summed E-state index contributed by atoms with van der Waals surface area (Å²) in [5, 5.41) is 0.793. The Kier molecular flexibility index (Phi) is 2.33. The third-order valence-corrected chi connectivity index (χ3v) is 4.99. The van der Waals surface area contributed by atoms with Crippen LogP contribution in [0, 0.1) is 5.92 Å². The molecule has 0 radical (unpaired) electrons. The average Bonchev–Trinajstić information content (AvgIpc) is 2.00. The van der Waals surface area contributed by atoms with Crippen molar-refractivity contribution in [2.45, 2.75) is 56.7 Å². The van der Waals surface area contributed by atoms with Gasteiger partial charge in [-0.2, -0.15) is 0 Å². The lowest BCUT2D eigenvalue weighted by atomic mass is 9.73.